The Morgan fingerprint density at radius 2 is 1.64 bits per heavy atom. The summed E-state index contributed by atoms with van der Waals surface area (Å²) in [5.74, 6) is -0.946. The number of rotatable bonds is 9. The minimum absolute atomic E-state index is 0.156. The summed E-state index contributed by atoms with van der Waals surface area (Å²) < 4.78 is 0. The van der Waals surface area contributed by atoms with Crippen molar-refractivity contribution in [2.24, 2.45) is 0 Å². The second kappa shape index (κ2) is 8.97. The first-order chi connectivity index (χ1) is 6.66. The van der Waals surface area contributed by atoms with Crippen LogP contribution in [0.5, 0.6) is 0 Å². The third-order valence-corrected chi connectivity index (χ3v) is 2.11. The molecule has 0 aliphatic heterocycles. The van der Waals surface area contributed by atoms with Gasteiger partial charge in [-0.3, -0.25) is 4.79 Å². The van der Waals surface area contributed by atoms with Crippen molar-refractivity contribution in [2.75, 3.05) is 6.61 Å². The number of unbranched alkanes of at least 4 members (excludes halogenated alkanes) is 4. The van der Waals surface area contributed by atoms with E-state index in [1.165, 1.54) is 0 Å². The molecular formula is C10H20O4. The fourth-order valence-corrected chi connectivity index (χ4v) is 1.33. The van der Waals surface area contributed by atoms with Gasteiger partial charge < -0.3 is 15.3 Å². The molecule has 3 N–H and O–H groups in total. The lowest BCUT2D eigenvalue weighted by molar-refractivity contribution is -0.139. The Morgan fingerprint density at radius 3 is 2.21 bits per heavy atom. The molecule has 4 heteroatoms. The largest absolute Gasteiger partial charge is 0.481 e. The van der Waals surface area contributed by atoms with Gasteiger partial charge in [0.2, 0.25) is 0 Å². The summed E-state index contributed by atoms with van der Waals surface area (Å²) in [6, 6.07) is 0. The molecule has 1 atom stereocenters. The number of carboxylic acid groups (broad SMARTS) is 1. The Bertz CT molecular complexity index is 147. The van der Waals surface area contributed by atoms with Crippen molar-refractivity contribution >= 4 is 5.97 Å². The highest BCUT2D eigenvalue weighted by atomic mass is 16.4. The van der Waals surface area contributed by atoms with E-state index in [2.05, 4.69) is 0 Å². The van der Waals surface area contributed by atoms with Crippen LogP contribution in [0.4, 0.5) is 0 Å². The molecule has 0 fully saturated rings. The van der Waals surface area contributed by atoms with Gasteiger partial charge in [0.15, 0.2) is 0 Å². The second-order valence-electron chi connectivity index (χ2n) is 3.53. The number of hydrogen-bond donors (Lipinski definition) is 3. The van der Waals surface area contributed by atoms with E-state index in [0.29, 0.717) is 6.42 Å². The zero-order chi connectivity index (χ0) is 10.8. The summed E-state index contributed by atoms with van der Waals surface area (Å²) >= 11 is 0. The molecule has 0 radical (unpaired) electrons. The second-order valence-corrected chi connectivity index (χ2v) is 3.53. The van der Waals surface area contributed by atoms with E-state index in [0.717, 1.165) is 32.1 Å². The lowest BCUT2D eigenvalue weighted by atomic mass is 10.1. The summed E-state index contributed by atoms with van der Waals surface area (Å²) in [5, 5.41) is 26.1. The van der Waals surface area contributed by atoms with E-state index in [1.807, 2.05) is 0 Å². The smallest absolute Gasteiger partial charge is 0.305 e. The van der Waals surface area contributed by atoms with E-state index < -0.39 is 12.1 Å². The van der Waals surface area contributed by atoms with Gasteiger partial charge in [-0.2, -0.15) is 0 Å². The van der Waals surface area contributed by atoms with Crippen molar-refractivity contribution in [2.45, 2.75) is 51.0 Å². The van der Waals surface area contributed by atoms with E-state index in [9.17, 15) is 9.90 Å². The highest BCUT2D eigenvalue weighted by molar-refractivity contribution is 5.67. The zero-order valence-electron chi connectivity index (χ0n) is 8.48. The quantitative estimate of drug-likeness (QED) is 0.492. The van der Waals surface area contributed by atoms with E-state index in [1.54, 1.807) is 0 Å². The predicted octanol–water partition coefficient (Wildman–Crippen LogP) is 1.15. The maximum Gasteiger partial charge on any atom is 0.305 e. The molecule has 4 nitrogen and oxygen atoms in total. The molecule has 0 aromatic heterocycles. The summed E-state index contributed by atoms with van der Waals surface area (Å²) in [4.78, 5) is 10.2. The molecule has 0 heterocycles. The molecule has 0 rings (SSSR count). The Morgan fingerprint density at radius 1 is 1.07 bits per heavy atom. The van der Waals surface area contributed by atoms with Gasteiger partial charge in [-0.15, -0.1) is 0 Å². The minimum atomic E-state index is -0.946. The average Bonchev–Trinajstić information content (AvgIpc) is 2.10. The Labute approximate surface area is 84.6 Å². The van der Waals surface area contributed by atoms with E-state index in [-0.39, 0.29) is 13.0 Å². The van der Waals surface area contributed by atoms with Crippen molar-refractivity contribution in [3.63, 3.8) is 0 Å². The summed E-state index contributed by atoms with van der Waals surface area (Å²) in [7, 11) is 0. The Hall–Kier alpha value is -0.610. The molecule has 0 saturated carbocycles. The minimum Gasteiger partial charge on any atom is -0.481 e. The molecule has 0 aromatic rings. The molecule has 0 aromatic carbocycles. The first-order valence-electron chi connectivity index (χ1n) is 5.17. The number of hydrogen-bond acceptors (Lipinski definition) is 3. The van der Waals surface area contributed by atoms with E-state index >= 15 is 0 Å². The maximum atomic E-state index is 10.2. The van der Waals surface area contributed by atoms with Gasteiger partial charge in [0.1, 0.15) is 0 Å². The lowest BCUT2D eigenvalue weighted by Gasteiger charge is -2.06. The first-order valence-corrected chi connectivity index (χ1v) is 5.17. The van der Waals surface area contributed by atoms with Crippen molar-refractivity contribution < 1.29 is 20.1 Å². The molecular weight excluding hydrogens is 184 g/mol. The normalized spacial score (nSPS) is 12.7. The Kier molecular flexibility index (Phi) is 8.57. The summed E-state index contributed by atoms with van der Waals surface area (Å²) in [6.45, 7) is 0.238. The van der Waals surface area contributed by atoms with Crippen molar-refractivity contribution in [1.29, 1.82) is 0 Å². The van der Waals surface area contributed by atoms with Gasteiger partial charge >= 0.3 is 5.97 Å². The van der Waals surface area contributed by atoms with Crippen LogP contribution < -0.4 is 0 Å². The monoisotopic (exact) mass is 204 g/mol. The van der Waals surface area contributed by atoms with Crippen LogP contribution in [0.2, 0.25) is 0 Å². The highest BCUT2D eigenvalue weighted by Crippen LogP contribution is 2.08. The third-order valence-electron chi connectivity index (χ3n) is 2.11. The maximum absolute atomic E-state index is 10.2. The van der Waals surface area contributed by atoms with Crippen molar-refractivity contribution in [1.82, 2.24) is 0 Å². The van der Waals surface area contributed by atoms with E-state index in [4.69, 9.17) is 10.2 Å². The van der Waals surface area contributed by atoms with Crippen LogP contribution in [0.3, 0.4) is 0 Å². The van der Waals surface area contributed by atoms with Crippen LogP contribution in [0, 0.1) is 0 Å². The van der Waals surface area contributed by atoms with Gasteiger partial charge in [-0.25, -0.2) is 0 Å². The highest BCUT2D eigenvalue weighted by Gasteiger charge is 2.08. The van der Waals surface area contributed by atoms with Gasteiger partial charge in [0.05, 0.1) is 12.5 Å². The number of carbonyl (C=O) groups is 1. The molecule has 0 aliphatic rings. The van der Waals surface area contributed by atoms with Gasteiger partial charge in [-0.05, 0) is 12.8 Å². The number of aliphatic carboxylic acids is 1. The zero-order valence-corrected chi connectivity index (χ0v) is 8.48. The summed E-state index contributed by atoms with van der Waals surface area (Å²) in [6.07, 6.45) is 4.44. The number of carboxylic acids is 1. The molecule has 0 spiro atoms. The SMILES string of the molecule is O=C(O)C[C@H](O)CCCCCCCO. The van der Waals surface area contributed by atoms with Crippen LogP contribution in [-0.4, -0.2) is 34.0 Å². The standard InChI is InChI=1S/C10H20O4/c11-7-5-3-1-2-4-6-9(12)8-10(13)14/h9,11-12H,1-8H2,(H,13,14)/t9-/m1/s1. The number of aliphatic hydroxyl groups excluding tert-OH is 2. The number of aliphatic hydroxyl groups is 2. The summed E-state index contributed by atoms with van der Waals surface area (Å²) in [5.41, 5.74) is 0. The van der Waals surface area contributed by atoms with Crippen LogP contribution in [-0.2, 0) is 4.79 Å². The van der Waals surface area contributed by atoms with Gasteiger partial charge in [-0.1, -0.05) is 25.7 Å². The fraction of sp³-hybridized carbons (Fsp3) is 0.900. The van der Waals surface area contributed by atoms with Crippen LogP contribution in [0.15, 0.2) is 0 Å². The molecule has 84 valence electrons. The molecule has 0 saturated heterocycles. The Balaban J connectivity index is 3.14. The topological polar surface area (TPSA) is 77.8 Å². The molecule has 0 amide bonds. The average molecular weight is 204 g/mol. The first kappa shape index (κ1) is 13.4. The third kappa shape index (κ3) is 9.48. The van der Waals surface area contributed by atoms with Gasteiger partial charge in [0, 0.05) is 6.61 Å². The van der Waals surface area contributed by atoms with Crippen LogP contribution in [0.25, 0.3) is 0 Å². The van der Waals surface area contributed by atoms with Crippen LogP contribution >= 0.6 is 0 Å². The van der Waals surface area contributed by atoms with Crippen molar-refractivity contribution in [3.05, 3.63) is 0 Å². The molecule has 0 bridgehead atoms. The molecule has 0 unspecified atom stereocenters. The molecule has 14 heavy (non-hydrogen) atoms. The lowest BCUT2D eigenvalue weighted by Crippen LogP contribution is -2.12. The predicted molar refractivity (Wildman–Crippen MR) is 53.0 cm³/mol. The van der Waals surface area contributed by atoms with Crippen LogP contribution in [0.1, 0.15) is 44.9 Å². The van der Waals surface area contributed by atoms with Gasteiger partial charge in [0.25, 0.3) is 0 Å². The fourth-order valence-electron chi connectivity index (χ4n) is 1.33. The van der Waals surface area contributed by atoms with Crippen molar-refractivity contribution in [3.8, 4) is 0 Å². The molecule has 0 aliphatic carbocycles.